The van der Waals surface area contributed by atoms with Crippen LogP contribution in [0.15, 0.2) is 84.1 Å². The van der Waals surface area contributed by atoms with Gasteiger partial charge in [-0.2, -0.15) is 0 Å². The second-order valence-electron chi connectivity index (χ2n) is 8.56. The van der Waals surface area contributed by atoms with E-state index in [1.807, 2.05) is 18.2 Å². The predicted molar refractivity (Wildman–Crippen MR) is 125 cm³/mol. The molecule has 1 atom stereocenters. The lowest BCUT2D eigenvalue weighted by atomic mass is 9.91. The van der Waals surface area contributed by atoms with Crippen LogP contribution in [0.3, 0.4) is 0 Å². The molecule has 0 radical (unpaired) electrons. The summed E-state index contributed by atoms with van der Waals surface area (Å²) in [5.74, 6) is -0.150. The quantitative estimate of drug-likeness (QED) is 0.448. The Labute approximate surface area is 186 Å². The summed E-state index contributed by atoms with van der Waals surface area (Å²) in [7, 11) is 0. The van der Waals surface area contributed by atoms with Crippen LogP contribution >= 0.6 is 0 Å². The normalized spacial score (nSPS) is 17.3. The van der Waals surface area contributed by atoms with Crippen LogP contribution in [0.5, 0.6) is 0 Å². The fourth-order valence-corrected chi connectivity index (χ4v) is 4.86. The van der Waals surface area contributed by atoms with Crippen molar-refractivity contribution < 1.29 is 9.53 Å². The van der Waals surface area contributed by atoms with Crippen molar-refractivity contribution in [1.29, 1.82) is 0 Å². The second-order valence-corrected chi connectivity index (χ2v) is 8.56. The highest BCUT2D eigenvalue weighted by molar-refractivity contribution is 6.15. The van der Waals surface area contributed by atoms with Gasteiger partial charge in [0.15, 0.2) is 0 Å². The Hall–Kier alpha value is -3.79. The zero-order valence-electron chi connectivity index (χ0n) is 17.6. The number of pyridine rings is 1. The van der Waals surface area contributed by atoms with E-state index in [0.717, 1.165) is 22.4 Å². The number of hydrogen-bond acceptors (Lipinski definition) is 4. The van der Waals surface area contributed by atoms with Gasteiger partial charge in [0.2, 0.25) is 0 Å². The Morgan fingerprint density at radius 3 is 2.59 bits per heavy atom. The van der Waals surface area contributed by atoms with Crippen molar-refractivity contribution in [2.24, 2.45) is 4.99 Å². The summed E-state index contributed by atoms with van der Waals surface area (Å²) in [5.41, 5.74) is 7.86. The molecular formula is C28H22N2O2. The molecule has 1 aromatic heterocycles. The molecule has 6 rings (SSSR count). The molecule has 3 heterocycles. The lowest BCUT2D eigenvalue weighted by molar-refractivity contribution is -0.147. The maximum atomic E-state index is 12.6. The van der Waals surface area contributed by atoms with Gasteiger partial charge in [-0.1, -0.05) is 48.5 Å². The molecule has 0 aliphatic carbocycles. The van der Waals surface area contributed by atoms with E-state index in [-0.39, 0.29) is 12.1 Å². The van der Waals surface area contributed by atoms with E-state index in [4.69, 9.17) is 9.73 Å². The third kappa shape index (κ3) is 3.48. The van der Waals surface area contributed by atoms with E-state index >= 15 is 0 Å². The molecule has 156 valence electrons. The molecule has 2 aliphatic rings. The van der Waals surface area contributed by atoms with E-state index in [1.165, 1.54) is 27.5 Å². The number of nitrogens with zero attached hydrogens (tertiary/aromatic N) is 2. The van der Waals surface area contributed by atoms with Crippen molar-refractivity contribution in [2.75, 3.05) is 0 Å². The smallest absolute Gasteiger partial charge is 0.310 e. The standard InChI is InChI=1S/C28H22N2O2/c31-27-16-22-13-24-17-30-28(20-7-9-29-10-8-20)26(24)15-23(22)14-25(32-27)12-18-5-6-19-3-1-2-4-21(19)11-18/h1-11,13,15,25H,12,14,16-17H2. The zero-order valence-corrected chi connectivity index (χ0v) is 17.6. The van der Waals surface area contributed by atoms with E-state index in [1.54, 1.807) is 12.4 Å². The number of aliphatic imine (C=N–C) groups is 1. The maximum Gasteiger partial charge on any atom is 0.310 e. The minimum atomic E-state index is -0.175. The van der Waals surface area contributed by atoms with Gasteiger partial charge in [-0.3, -0.25) is 14.8 Å². The number of esters is 1. The van der Waals surface area contributed by atoms with Crippen LogP contribution in [-0.2, 0) is 35.3 Å². The van der Waals surface area contributed by atoms with Crippen LogP contribution in [0, 0.1) is 0 Å². The van der Waals surface area contributed by atoms with Gasteiger partial charge in [-0.15, -0.1) is 0 Å². The molecule has 0 fully saturated rings. The van der Waals surface area contributed by atoms with Crippen LogP contribution in [-0.4, -0.2) is 22.8 Å². The average Bonchev–Trinajstić information content (AvgIpc) is 3.15. The van der Waals surface area contributed by atoms with Gasteiger partial charge in [0, 0.05) is 36.4 Å². The Kier molecular flexibility index (Phi) is 4.57. The molecule has 3 aromatic carbocycles. The molecule has 0 bridgehead atoms. The van der Waals surface area contributed by atoms with Gasteiger partial charge in [0.1, 0.15) is 6.10 Å². The molecule has 2 aliphatic heterocycles. The molecule has 4 nitrogen and oxygen atoms in total. The molecule has 0 saturated heterocycles. The third-order valence-corrected chi connectivity index (χ3v) is 6.40. The van der Waals surface area contributed by atoms with E-state index < -0.39 is 0 Å². The van der Waals surface area contributed by atoms with Crippen molar-refractivity contribution in [3.8, 4) is 0 Å². The predicted octanol–water partition coefficient (Wildman–Crippen LogP) is 4.84. The van der Waals surface area contributed by atoms with Crippen molar-refractivity contribution in [2.45, 2.75) is 31.9 Å². The molecule has 4 heteroatoms. The molecule has 0 spiro atoms. The van der Waals surface area contributed by atoms with Gasteiger partial charge in [0.25, 0.3) is 0 Å². The molecule has 0 saturated carbocycles. The number of fused-ring (bicyclic) bond motifs is 3. The number of ether oxygens (including phenoxy) is 1. The Morgan fingerprint density at radius 1 is 0.875 bits per heavy atom. The number of cyclic esters (lactones) is 1. The number of carbonyl (C=O) groups is 1. The molecule has 32 heavy (non-hydrogen) atoms. The Balaban J connectivity index is 1.32. The van der Waals surface area contributed by atoms with Gasteiger partial charge >= 0.3 is 5.97 Å². The SMILES string of the molecule is O=C1Cc2cc3c(cc2CC(Cc2ccc4ccccc4c2)O1)C(c1ccncc1)=NC3. The van der Waals surface area contributed by atoms with Crippen molar-refractivity contribution in [1.82, 2.24) is 4.98 Å². The summed E-state index contributed by atoms with van der Waals surface area (Å²) in [6.07, 6.45) is 5.16. The highest BCUT2D eigenvalue weighted by Crippen LogP contribution is 2.30. The minimum Gasteiger partial charge on any atom is -0.461 e. The lowest BCUT2D eigenvalue weighted by Crippen LogP contribution is -2.21. The molecule has 1 unspecified atom stereocenters. The van der Waals surface area contributed by atoms with Crippen molar-refractivity contribution in [3.63, 3.8) is 0 Å². The number of carbonyl (C=O) groups excluding carboxylic acids is 1. The van der Waals surface area contributed by atoms with Crippen molar-refractivity contribution >= 4 is 22.5 Å². The maximum absolute atomic E-state index is 12.6. The first-order valence-corrected chi connectivity index (χ1v) is 11.0. The van der Waals surface area contributed by atoms with Crippen LogP contribution in [0.4, 0.5) is 0 Å². The van der Waals surface area contributed by atoms with E-state index in [2.05, 4.69) is 53.5 Å². The van der Waals surface area contributed by atoms with Crippen LogP contribution in [0.25, 0.3) is 10.8 Å². The van der Waals surface area contributed by atoms with Gasteiger partial charge in [-0.25, -0.2) is 0 Å². The van der Waals surface area contributed by atoms with Gasteiger partial charge in [-0.05, 0) is 51.2 Å². The summed E-state index contributed by atoms with van der Waals surface area (Å²) in [6.45, 7) is 0.649. The fourth-order valence-electron chi connectivity index (χ4n) is 4.86. The van der Waals surface area contributed by atoms with Crippen LogP contribution in [0.1, 0.15) is 33.4 Å². The summed E-state index contributed by atoms with van der Waals surface area (Å²) >= 11 is 0. The molecular weight excluding hydrogens is 396 g/mol. The van der Waals surface area contributed by atoms with Crippen molar-refractivity contribution in [3.05, 3.63) is 113 Å². The number of aromatic nitrogens is 1. The summed E-state index contributed by atoms with van der Waals surface area (Å²) in [5, 5.41) is 2.43. The van der Waals surface area contributed by atoms with Gasteiger partial charge < -0.3 is 4.74 Å². The molecule has 0 N–H and O–H groups in total. The Morgan fingerprint density at radius 2 is 1.72 bits per heavy atom. The third-order valence-electron chi connectivity index (χ3n) is 6.40. The highest BCUT2D eigenvalue weighted by Gasteiger charge is 2.27. The minimum absolute atomic E-state index is 0.150. The first-order chi connectivity index (χ1) is 15.7. The van der Waals surface area contributed by atoms with Crippen LogP contribution in [0.2, 0.25) is 0 Å². The second kappa shape index (κ2) is 7.72. The first-order valence-electron chi connectivity index (χ1n) is 11.0. The number of benzene rings is 3. The topological polar surface area (TPSA) is 51.5 Å². The zero-order chi connectivity index (χ0) is 21.5. The number of hydrogen-bond donors (Lipinski definition) is 0. The highest BCUT2D eigenvalue weighted by atomic mass is 16.5. The van der Waals surface area contributed by atoms with E-state index in [0.29, 0.717) is 25.8 Å². The largest absolute Gasteiger partial charge is 0.461 e. The lowest BCUT2D eigenvalue weighted by Gasteiger charge is -2.16. The van der Waals surface area contributed by atoms with Crippen LogP contribution < -0.4 is 0 Å². The summed E-state index contributed by atoms with van der Waals surface area (Å²) < 4.78 is 5.88. The average molecular weight is 418 g/mol. The summed E-state index contributed by atoms with van der Waals surface area (Å²) in [4.78, 5) is 21.5. The Bertz CT molecular complexity index is 1380. The fraction of sp³-hybridized carbons (Fsp3) is 0.179. The first kappa shape index (κ1) is 18.9. The van der Waals surface area contributed by atoms with E-state index in [9.17, 15) is 4.79 Å². The van der Waals surface area contributed by atoms with Gasteiger partial charge in [0.05, 0.1) is 18.7 Å². The molecule has 0 amide bonds. The molecule has 4 aromatic rings. The monoisotopic (exact) mass is 418 g/mol. The summed E-state index contributed by atoms with van der Waals surface area (Å²) in [6, 6.07) is 23.2. The number of rotatable bonds is 3.